The van der Waals surface area contributed by atoms with Crippen molar-refractivity contribution in [2.75, 3.05) is 13.2 Å². The largest absolute Gasteiger partial charge is 0.396 e. The summed E-state index contributed by atoms with van der Waals surface area (Å²) in [6.07, 6.45) is 5.15. The third-order valence-corrected chi connectivity index (χ3v) is 5.00. The molecule has 0 aliphatic rings. The highest BCUT2D eigenvalue weighted by Gasteiger charge is 2.15. The molecule has 6 nitrogen and oxygen atoms in total. The minimum absolute atomic E-state index is 0.00124. The second kappa shape index (κ2) is 9.34. The Labute approximate surface area is 146 Å². The number of hydrogen-bond donors (Lipinski definition) is 3. The van der Waals surface area contributed by atoms with E-state index in [0.717, 1.165) is 17.1 Å². The predicted molar refractivity (Wildman–Crippen MR) is 95.0 cm³/mol. The number of thiazole rings is 1. The Hall–Kier alpha value is -1.99. The lowest BCUT2D eigenvalue weighted by Crippen LogP contribution is -2.40. The molecule has 0 saturated carbocycles. The molecule has 2 atom stereocenters. The average molecular weight is 348 g/mol. The first-order chi connectivity index (χ1) is 11.6. The van der Waals surface area contributed by atoms with Gasteiger partial charge in [-0.1, -0.05) is 13.0 Å². The van der Waals surface area contributed by atoms with Gasteiger partial charge < -0.3 is 15.7 Å². The van der Waals surface area contributed by atoms with Crippen molar-refractivity contribution < 1.29 is 9.90 Å². The zero-order chi connectivity index (χ0) is 17.4. The zero-order valence-electron chi connectivity index (χ0n) is 14.0. The van der Waals surface area contributed by atoms with Gasteiger partial charge in [-0.05, 0) is 31.9 Å². The van der Waals surface area contributed by atoms with Gasteiger partial charge in [0.2, 0.25) is 0 Å². The van der Waals surface area contributed by atoms with Crippen molar-refractivity contribution in [2.24, 2.45) is 5.92 Å². The Balaban J connectivity index is 1.78. The molecule has 0 aromatic carbocycles. The summed E-state index contributed by atoms with van der Waals surface area (Å²) in [5.74, 6) is -0.0625. The fourth-order valence-corrected chi connectivity index (χ4v) is 3.11. The number of hydrogen-bond acceptors (Lipinski definition) is 5. The maximum Gasteiger partial charge on any atom is 0.315 e. The van der Waals surface area contributed by atoms with Crippen LogP contribution in [-0.4, -0.2) is 34.3 Å². The van der Waals surface area contributed by atoms with Crippen molar-refractivity contribution in [1.29, 1.82) is 0 Å². The summed E-state index contributed by atoms with van der Waals surface area (Å²) in [6.45, 7) is 4.39. The van der Waals surface area contributed by atoms with Gasteiger partial charge in [-0.3, -0.25) is 4.98 Å². The van der Waals surface area contributed by atoms with Crippen LogP contribution in [0.4, 0.5) is 4.79 Å². The third kappa shape index (κ3) is 5.58. The first kappa shape index (κ1) is 18.4. The number of amides is 2. The normalized spacial score (nSPS) is 13.3. The van der Waals surface area contributed by atoms with E-state index in [2.05, 4.69) is 27.5 Å². The van der Waals surface area contributed by atoms with Gasteiger partial charge in [0.05, 0.1) is 6.04 Å². The number of nitrogens with zero attached hydrogens (tertiary/aromatic N) is 2. The van der Waals surface area contributed by atoms with Crippen LogP contribution in [0.1, 0.15) is 35.5 Å². The standard InChI is InChI=1S/C17H24N4O2S/c1-3-15-10-19-16(24-15)12(2)21-17(23)20-9-13(11-22)8-14-6-4-5-7-18-14/h4-7,10,12-13,22H,3,8-9,11H2,1-2H3,(H2,20,21,23). The van der Waals surface area contributed by atoms with Crippen LogP contribution in [0.5, 0.6) is 0 Å². The number of pyridine rings is 1. The molecule has 0 spiro atoms. The lowest BCUT2D eigenvalue weighted by Gasteiger charge is -2.17. The lowest BCUT2D eigenvalue weighted by atomic mass is 10.0. The molecule has 2 aromatic rings. The molecule has 0 saturated heterocycles. The molecule has 0 fully saturated rings. The summed E-state index contributed by atoms with van der Waals surface area (Å²) in [5.41, 5.74) is 0.905. The number of aliphatic hydroxyl groups excluding tert-OH is 1. The number of aromatic nitrogens is 2. The number of carbonyl (C=O) groups excluding carboxylic acids is 1. The molecule has 0 aliphatic heterocycles. The van der Waals surface area contributed by atoms with Crippen molar-refractivity contribution in [2.45, 2.75) is 32.7 Å². The number of carbonyl (C=O) groups is 1. The Morgan fingerprint density at radius 3 is 2.83 bits per heavy atom. The fraction of sp³-hybridized carbons (Fsp3) is 0.471. The smallest absolute Gasteiger partial charge is 0.315 e. The van der Waals surface area contributed by atoms with Crippen molar-refractivity contribution >= 4 is 17.4 Å². The van der Waals surface area contributed by atoms with Crippen LogP contribution < -0.4 is 10.6 Å². The molecule has 24 heavy (non-hydrogen) atoms. The van der Waals surface area contributed by atoms with Crippen molar-refractivity contribution in [3.8, 4) is 0 Å². The molecular formula is C17H24N4O2S. The second-order valence-electron chi connectivity index (χ2n) is 5.67. The highest BCUT2D eigenvalue weighted by molar-refractivity contribution is 7.11. The van der Waals surface area contributed by atoms with Gasteiger partial charge in [-0.2, -0.15) is 0 Å². The molecule has 2 unspecified atom stereocenters. The molecule has 2 amide bonds. The van der Waals surface area contributed by atoms with E-state index in [1.807, 2.05) is 31.3 Å². The molecule has 7 heteroatoms. The van der Waals surface area contributed by atoms with Crippen LogP contribution in [0.15, 0.2) is 30.6 Å². The van der Waals surface area contributed by atoms with Gasteiger partial charge in [-0.25, -0.2) is 9.78 Å². The zero-order valence-corrected chi connectivity index (χ0v) is 14.8. The number of nitrogens with one attached hydrogen (secondary N) is 2. The van der Waals surface area contributed by atoms with E-state index < -0.39 is 0 Å². The van der Waals surface area contributed by atoms with Gasteiger partial charge in [0.1, 0.15) is 5.01 Å². The SMILES string of the molecule is CCc1cnc(C(C)NC(=O)NCC(CO)Cc2ccccn2)s1. The summed E-state index contributed by atoms with van der Waals surface area (Å²) in [6, 6.07) is 5.29. The Morgan fingerprint density at radius 2 is 2.21 bits per heavy atom. The molecule has 3 N–H and O–H groups in total. The van der Waals surface area contributed by atoms with Gasteiger partial charge in [0.15, 0.2) is 0 Å². The van der Waals surface area contributed by atoms with E-state index in [4.69, 9.17) is 0 Å². The topological polar surface area (TPSA) is 87.1 Å². The van der Waals surface area contributed by atoms with E-state index in [0.29, 0.717) is 13.0 Å². The maximum atomic E-state index is 12.0. The minimum Gasteiger partial charge on any atom is -0.396 e. The molecule has 2 aromatic heterocycles. The van der Waals surface area contributed by atoms with E-state index in [1.165, 1.54) is 4.88 Å². The molecular weight excluding hydrogens is 324 g/mol. The quantitative estimate of drug-likeness (QED) is 0.683. The number of urea groups is 1. The Morgan fingerprint density at radius 1 is 1.38 bits per heavy atom. The molecule has 0 bridgehead atoms. The van der Waals surface area contributed by atoms with Crippen molar-refractivity contribution in [3.63, 3.8) is 0 Å². The number of aliphatic hydroxyl groups is 1. The van der Waals surface area contributed by atoms with E-state index in [-0.39, 0.29) is 24.6 Å². The van der Waals surface area contributed by atoms with E-state index >= 15 is 0 Å². The highest BCUT2D eigenvalue weighted by atomic mass is 32.1. The molecule has 130 valence electrons. The number of aryl methyl sites for hydroxylation is 1. The van der Waals surface area contributed by atoms with Crippen molar-refractivity contribution in [1.82, 2.24) is 20.6 Å². The van der Waals surface area contributed by atoms with Gasteiger partial charge >= 0.3 is 6.03 Å². The average Bonchev–Trinajstić information content (AvgIpc) is 3.08. The molecule has 2 rings (SSSR count). The monoisotopic (exact) mass is 348 g/mol. The fourth-order valence-electron chi connectivity index (χ4n) is 2.25. The van der Waals surface area contributed by atoms with E-state index in [9.17, 15) is 9.90 Å². The summed E-state index contributed by atoms with van der Waals surface area (Å²) in [7, 11) is 0. The van der Waals surface area contributed by atoms with Gasteiger partial charge in [-0.15, -0.1) is 11.3 Å². The lowest BCUT2D eigenvalue weighted by molar-refractivity contribution is 0.212. The van der Waals surface area contributed by atoms with Crippen LogP contribution >= 0.6 is 11.3 Å². The van der Waals surface area contributed by atoms with Crippen molar-refractivity contribution in [3.05, 3.63) is 46.2 Å². The molecule has 0 aliphatic carbocycles. The maximum absolute atomic E-state index is 12.0. The first-order valence-corrected chi connectivity index (χ1v) is 8.93. The predicted octanol–water partition coefficient (Wildman–Crippen LogP) is 2.31. The van der Waals surface area contributed by atoms with Crippen LogP contribution in [-0.2, 0) is 12.8 Å². The Kier molecular flexibility index (Phi) is 7.14. The second-order valence-corrected chi connectivity index (χ2v) is 6.81. The number of rotatable bonds is 8. The summed E-state index contributed by atoms with van der Waals surface area (Å²) < 4.78 is 0. The van der Waals surface area contributed by atoms with Gasteiger partial charge in [0.25, 0.3) is 0 Å². The first-order valence-electron chi connectivity index (χ1n) is 8.12. The summed E-state index contributed by atoms with van der Waals surface area (Å²) >= 11 is 1.61. The van der Waals surface area contributed by atoms with Crippen LogP contribution in [0, 0.1) is 5.92 Å². The molecule has 0 radical (unpaired) electrons. The summed E-state index contributed by atoms with van der Waals surface area (Å²) in [5, 5.41) is 16.1. The van der Waals surface area contributed by atoms with E-state index in [1.54, 1.807) is 17.5 Å². The Bertz CT molecular complexity index is 633. The molecule has 2 heterocycles. The minimum atomic E-state index is -0.254. The highest BCUT2D eigenvalue weighted by Crippen LogP contribution is 2.20. The third-order valence-electron chi connectivity index (χ3n) is 3.67. The van der Waals surface area contributed by atoms with Crippen LogP contribution in [0.2, 0.25) is 0 Å². The van der Waals surface area contributed by atoms with Crippen LogP contribution in [0.3, 0.4) is 0 Å². The van der Waals surface area contributed by atoms with Crippen LogP contribution in [0.25, 0.3) is 0 Å². The summed E-state index contributed by atoms with van der Waals surface area (Å²) in [4.78, 5) is 21.8. The van der Waals surface area contributed by atoms with Gasteiger partial charge in [0, 0.05) is 42.0 Å².